The summed E-state index contributed by atoms with van der Waals surface area (Å²) in [6.07, 6.45) is 2.35. The molecule has 0 saturated carbocycles. The number of aryl methyl sites for hydroxylation is 1. The Labute approximate surface area is 103 Å². The molecule has 0 radical (unpaired) electrons. The van der Waals surface area contributed by atoms with E-state index in [2.05, 4.69) is 5.32 Å². The Bertz CT molecular complexity index is 361. The number of hydrogen-bond acceptors (Lipinski definition) is 2. The third-order valence-electron chi connectivity index (χ3n) is 2.77. The van der Waals surface area contributed by atoms with Crippen LogP contribution in [0.2, 0.25) is 0 Å². The van der Waals surface area contributed by atoms with Crippen LogP contribution in [0.4, 0.5) is 0 Å². The summed E-state index contributed by atoms with van der Waals surface area (Å²) in [5.74, 6) is 0.0870. The SMILES string of the molecule is Cc1ccccc1CC(=O)NCCCC(C)N. The summed E-state index contributed by atoms with van der Waals surface area (Å²) in [7, 11) is 0. The first-order chi connectivity index (χ1) is 8.09. The highest BCUT2D eigenvalue weighted by molar-refractivity contribution is 5.78. The van der Waals surface area contributed by atoms with Crippen LogP contribution in [-0.2, 0) is 11.2 Å². The van der Waals surface area contributed by atoms with Crippen LogP contribution in [0.5, 0.6) is 0 Å². The van der Waals surface area contributed by atoms with Crippen LogP contribution in [0, 0.1) is 6.92 Å². The van der Waals surface area contributed by atoms with Crippen molar-refractivity contribution in [3.05, 3.63) is 35.4 Å². The Morgan fingerprint density at radius 3 is 2.76 bits per heavy atom. The average molecular weight is 234 g/mol. The van der Waals surface area contributed by atoms with E-state index < -0.39 is 0 Å². The predicted molar refractivity (Wildman–Crippen MR) is 70.8 cm³/mol. The molecule has 17 heavy (non-hydrogen) atoms. The molecule has 1 rings (SSSR count). The van der Waals surface area contributed by atoms with Crippen LogP contribution in [0.3, 0.4) is 0 Å². The summed E-state index contributed by atoms with van der Waals surface area (Å²) in [5.41, 5.74) is 7.90. The van der Waals surface area contributed by atoms with Gasteiger partial charge >= 0.3 is 0 Å². The number of hydrogen-bond donors (Lipinski definition) is 2. The van der Waals surface area contributed by atoms with Gasteiger partial charge in [-0.1, -0.05) is 24.3 Å². The van der Waals surface area contributed by atoms with Crippen LogP contribution in [0.15, 0.2) is 24.3 Å². The van der Waals surface area contributed by atoms with Gasteiger partial charge in [-0.2, -0.15) is 0 Å². The first-order valence-electron chi connectivity index (χ1n) is 6.16. The minimum atomic E-state index is 0.0870. The molecule has 1 aromatic carbocycles. The van der Waals surface area contributed by atoms with Crippen molar-refractivity contribution in [2.24, 2.45) is 5.73 Å². The van der Waals surface area contributed by atoms with Crippen molar-refractivity contribution in [2.75, 3.05) is 6.54 Å². The van der Waals surface area contributed by atoms with Crippen molar-refractivity contribution in [3.63, 3.8) is 0 Å². The number of benzene rings is 1. The standard InChI is InChI=1S/C14H22N2O/c1-11-6-3-4-8-13(11)10-14(17)16-9-5-7-12(2)15/h3-4,6,8,12H,5,7,9-10,15H2,1-2H3,(H,16,17). The van der Waals surface area contributed by atoms with E-state index in [0.29, 0.717) is 13.0 Å². The Balaban J connectivity index is 2.28. The molecule has 1 unspecified atom stereocenters. The molecule has 1 atom stereocenters. The van der Waals surface area contributed by atoms with Gasteiger partial charge in [-0.25, -0.2) is 0 Å². The summed E-state index contributed by atoms with van der Waals surface area (Å²) >= 11 is 0. The van der Waals surface area contributed by atoms with E-state index >= 15 is 0 Å². The zero-order chi connectivity index (χ0) is 12.7. The maximum atomic E-state index is 11.7. The predicted octanol–water partition coefficient (Wildman–Crippen LogP) is 1.78. The van der Waals surface area contributed by atoms with Crippen molar-refractivity contribution >= 4 is 5.91 Å². The highest BCUT2D eigenvalue weighted by atomic mass is 16.1. The Hall–Kier alpha value is -1.35. The molecular weight excluding hydrogens is 212 g/mol. The summed E-state index contributed by atoms with van der Waals surface area (Å²) in [6, 6.07) is 8.18. The number of nitrogens with one attached hydrogen (secondary N) is 1. The van der Waals surface area contributed by atoms with Gasteiger partial charge in [0.1, 0.15) is 0 Å². The van der Waals surface area contributed by atoms with Crippen LogP contribution >= 0.6 is 0 Å². The largest absolute Gasteiger partial charge is 0.356 e. The highest BCUT2D eigenvalue weighted by Crippen LogP contribution is 2.07. The average Bonchev–Trinajstić information content (AvgIpc) is 2.27. The van der Waals surface area contributed by atoms with Crippen LogP contribution in [0.25, 0.3) is 0 Å². The lowest BCUT2D eigenvalue weighted by molar-refractivity contribution is -0.120. The number of carbonyl (C=O) groups is 1. The lowest BCUT2D eigenvalue weighted by atomic mass is 10.1. The molecule has 3 nitrogen and oxygen atoms in total. The third kappa shape index (κ3) is 5.50. The van der Waals surface area contributed by atoms with E-state index in [-0.39, 0.29) is 11.9 Å². The van der Waals surface area contributed by atoms with Crippen molar-refractivity contribution in [2.45, 2.75) is 39.2 Å². The van der Waals surface area contributed by atoms with Crippen molar-refractivity contribution in [3.8, 4) is 0 Å². The van der Waals surface area contributed by atoms with E-state index in [1.54, 1.807) is 0 Å². The van der Waals surface area contributed by atoms with Gasteiger partial charge in [0.25, 0.3) is 0 Å². The molecule has 0 heterocycles. The van der Waals surface area contributed by atoms with Crippen molar-refractivity contribution in [1.29, 1.82) is 0 Å². The molecule has 0 spiro atoms. The zero-order valence-corrected chi connectivity index (χ0v) is 10.7. The molecule has 94 valence electrons. The van der Waals surface area contributed by atoms with Crippen LogP contribution in [-0.4, -0.2) is 18.5 Å². The fourth-order valence-electron chi connectivity index (χ4n) is 1.70. The third-order valence-corrected chi connectivity index (χ3v) is 2.77. The van der Waals surface area contributed by atoms with Gasteiger partial charge in [-0.15, -0.1) is 0 Å². The van der Waals surface area contributed by atoms with E-state index in [1.807, 2.05) is 38.1 Å². The molecule has 1 aromatic rings. The molecule has 0 fully saturated rings. The fraction of sp³-hybridized carbons (Fsp3) is 0.500. The van der Waals surface area contributed by atoms with Crippen molar-refractivity contribution in [1.82, 2.24) is 5.32 Å². The maximum absolute atomic E-state index is 11.7. The molecule has 0 aromatic heterocycles. The number of carbonyl (C=O) groups excluding carboxylic acids is 1. The lowest BCUT2D eigenvalue weighted by Crippen LogP contribution is -2.27. The quantitative estimate of drug-likeness (QED) is 0.737. The van der Waals surface area contributed by atoms with Gasteiger partial charge in [-0.3, -0.25) is 4.79 Å². The summed E-state index contributed by atoms with van der Waals surface area (Å²) in [4.78, 5) is 11.7. The molecule has 0 saturated heterocycles. The number of amides is 1. The Morgan fingerprint density at radius 1 is 1.41 bits per heavy atom. The smallest absolute Gasteiger partial charge is 0.224 e. The Morgan fingerprint density at radius 2 is 2.12 bits per heavy atom. The van der Waals surface area contributed by atoms with Crippen molar-refractivity contribution < 1.29 is 4.79 Å². The van der Waals surface area contributed by atoms with E-state index in [4.69, 9.17) is 5.73 Å². The first-order valence-corrected chi connectivity index (χ1v) is 6.16. The fourth-order valence-corrected chi connectivity index (χ4v) is 1.70. The van der Waals surface area contributed by atoms with Crippen LogP contribution < -0.4 is 11.1 Å². The van der Waals surface area contributed by atoms with E-state index in [1.165, 1.54) is 5.56 Å². The van der Waals surface area contributed by atoms with Gasteiger partial charge in [0.05, 0.1) is 6.42 Å². The molecule has 3 heteroatoms. The van der Waals surface area contributed by atoms with Gasteiger partial charge < -0.3 is 11.1 Å². The van der Waals surface area contributed by atoms with Gasteiger partial charge in [0, 0.05) is 12.6 Å². The first kappa shape index (κ1) is 13.7. The molecule has 0 aliphatic rings. The summed E-state index contributed by atoms with van der Waals surface area (Å²) < 4.78 is 0. The monoisotopic (exact) mass is 234 g/mol. The number of nitrogens with two attached hydrogens (primary N) is 1. The van der Waals surface area contributed by atoms with Gasteiger partial charge in [0.2, 0.25) is 5.91 Å². The second kappa shape index (κ2) is 7.07. The zero-order valence-electron chi connectivity index (χ0n) is 10.7. The summed E-state index contributed by atoms with van der Waals surface area (Å²) in [5, 5.41) is 2.92. The molecule has 0 bridgehead atoms. The second-order valence-electron chi connectivity index (χ2n) is 4.57. The number of rotatable bonds is 6. The molecule has 0 aliphatic carbocycles. The Kier molecular flexibility index (Phi) is 5.70. The van der Waals surface area contributed by atoms with E-state index in [9.17, 15) is 4.79 Å². The molecule has 1 amide bonds. The van der Waals surface area contributed by atoms with Gasteiger partial charge in [0.15, 0.2) is 0 Å². The normalized spacial score (nSPS) is 12.2. The highest BCUT2D eigenvalue weighted by Gasteiger charge is 2.04. The van der Waals surface area contributed by atoms with E-state index in [0.717, 1.165) is 18.4 Å². The van der Waals surface area contributed by atoms with Gasteiger partial charge in [-0.05, 0) is 37.8 Å². The second-order valence-corrected chi connectivity index (χ2v) is 4.57. The minimum absolute atomic E-state index is 0.0870. The summed E-state index contributed by atoms with van der Waals surface area (Å²) in [6.45, 7) is 4.72. The minimum Gasteiger partial charge on any atom is -0.356 e. The maximum Gasteiger partial charge on any atom is 0.224 e. The molecular formula is C14H22N2O. The topological polar surface area (TPSA) is 55.1 Å². The van der Waals surface area contributed by atoms with Crippen LogP contribution in [0.1, 0.15) is 30.9 Å². The molecule has 0 aliphatic heterocycles. The lowest BCUT2D eigenvalue weighted by Gasteiger charge is -2.08. The molecule has 3 N–H and O–H groups in total.